The Morgan fingerprint density at radius 1 is 1.00 bits per heavy atom. The van der Waals surface area contributed by atoms with Crippen molar-refractivity contribution in [1.29, 1.82) is 0 Å². The molecule has 0 unspecified atom stereocenters. The molecule has 7 heteroatoms. The first kappa shape index (κ1) is 17.5. The van der Waals surface area contributed by atoms with Crippen LogP contribution in [-0.4, -0.2) is 28.9 Å². The van der Waals surface area contributed by atoms with Gasteiger partial charge in [0.05, 0.1) is 10.6 Å². The molecule has 6 nitrogen and oxygen atoms in total. The van der Waals surface area contributed by atoms with Crippen LogP contribution in [0.4, 0.5) is 5.69 Å². The standard InChI is InChI=1S/C22H17N3O3S/c26-22(24-16-3-1-4-17(14-16)25-10-2-9-23-25)21-8-7-20(29-21)15-5-6-18-19(13-15)28-12-11-27-18/h1-10,13-14H,11-12H2,(H,24,26). The number of benzene rings is 2. The number of hydrogen-bond donors (Lipinski definition) is 1. The fourth-order valence-corrected chi connectivity index (χ4v) is 4.05. The molecule has 3 heterocycles. The third-order valence-electron chi connectivity index (χ3n) is 4.53. The van der Waals surface area contributed by atoms with Gasteiger partial charge in [0.15, 0.2) is 11.5 Å². The van der Waals surface area contributed by atoms with E-state index in [2.05, 4.69) is 10.4 Å². The first-order chi connectivity index (χ1) is 14.3. The highest BCUT2D eigenvalue weighted by Crippen LogP contribution is 2.37. The van der Waals surface area contributed by atoms with Crippen LogP contribution in [0.1, 0.15) is 9.67 Å². The summed E-state index contributed by atoms with van der Waals surface area (Å²) < 4.78 is 13.0. The minimum Gasteiger partial charge on any atom is -0.486 e. The zero-order valence-corrected chi connectivity index (χ0v) is 16.2. The van der Waals surface area contributed by atoms with Gasteiger partial charge in [-0.05, 0) is 60.2 Å². The maximum absolute atomic E-state index is 12.7. The molecule has 2 aromatic heterocycles. The molecule has 2 aromatic carbocycles. The molecule has 29 heavy (non-hydrogen) atoms. The van der Waals surface area contributed by atoms with Gasteiger partial charge in [-0.1, -0.05) is 6.07 Å². The summed E-state index contributed by atoms with van der Waals surface area (Å²) in [5, 5.41) is 7.18. The Bertz CT molecular complexity index is 1170. The van der Waals surface area contributed by atoms with Gasteiger partial charge < -0.3 is 14.8 Å². The first-order valence-electron chi connectivity index (χ1n) is 9.17. The summed E-state index contributed by atoms with van der Waals surface area (Å²) >= 11 is 1.44. The highest BCUT2D eigenvalue weighted by molar-refractivity contribution is 7.17. The molecule has 1 N–H and O–H groups in total. The van der Waals surface area contributed by atoms with Crippen molar-refractivity contribution in [2.45, 2.75) is 0 Å². The van der Waals surface area contributed by atoms with Gasteiger partial charge in [-0.15, -0.1) is 11.3 Å². The molecule has 0 saturated carbocycles. The third kappa shape index (κ3) is 3.60. The van der Waals surface area contributed by atoms with Gasteiger partial charge in [0.2, 0.25) is 0 Å². The monoisotopic (exact) mass is 403 g/mol. The molecule has 0 atom stereocenters. The van der Waals surface area contributed by atoms with E-state index < -0.39 is 0 Å². The molecule has 1 aliphatic heterocycles. The second-order valence-electron chi connectivity index (χ2n) is 6.48. The van der Waals surface area contributed by atoms with Crippen molar-refractivity contribution in [2.24, 2.45) is 0 Å². The number of aromatic nitrogens is 2. The largest absolute Gasteiger partial charge is 0.486 e. The summed E-state index contributed by atoms with van der Waals surface area (Å²) in [7, 11) is 0. The molecule has 144 valence electrons. The molecule has 0 radical (unpaired) electrons. The molecule has 4 aromatic rings. The van der Waals surface area contributed by atoms with Crippen molar-refractivity contribution in [3.05, 3.63) is 77.9 Å². The Morgan fingerprint density at radius 2 is 1.90 bits per heavy atom. The van der Waals surface area contributed by atoms with Crippen LogP contribution in [0.5, 0.6) is 11.5 Å². The van der Waals surface area contributed by atoms with Crippen LogP contribution in [0.25, 0.3) is 16.1 Å². The normalized spacial score (nSPS) is 12.6. The van der Waals surface area contributed by atoms with Gasteiger partial charge in [-0.25, -0.2) is 4.68 Å². The van der Waals surface area contributed by atoms with E-state index in [0.717, 1.165) is 33.3 Å². The van der Waals surface area contributed by atoms with E-state index in [-0.39, 0.29) is 5.91 Å². The summed E-state index contributed by atoms with van der Waals surface area (Å²) in [6.45, 7) is 1.11. The lowest BCUT2D eigenvalue weighted by Crippen LogP contribution is -2.15. The lowest BCUT2D eigenvalue weighted by molar-refractivity contribution is 0.103. The van der Waals surface area contributed by atoms with Crippen molar-refractivity contribution >= 4 is 22.9 Å². The molecular formula is C22H17N3O3S. The lowest BCUT2D eigenvalue weighted by atomic mass is 10.1. The second kappa shape index (κ2) is 7.44. The Hall–Kier alpha value is -3.58. The number of nitrogens with zero attached hydrogens (tertiary/aromatic N) is 2. The van der Waals surface area contributed by atoms with E-state index >= 15 is 0 Å². The molecule has 0 spiro atoms. The van der Waals surface area contributed by atoms with E-state index in [9.17, 15) is 4.79 Å². The number of nitrogens with one attached hydrogen (secondary N) is 1. The summed E-state index contributed by atoms with van der Waals surface area (Å²) in [6, 6.07) is 19.1. The third-order valence-corrected chi connectivity index (χ3v) is 5.66. The number of ether oxygens (including phenoxy) is 2. The Kier molecular flexibility index (Phi) is 4.50. The van der Waals surface area contributed by atoms with Crippen LogP contribution < -0.4 is 14.8 Å². The minimum absolute atomic E-state index is 0.142. The number of fused-ring (bicyclic) bond motifs is 1. The quantitative estimate of drug-likeness (QED) is 0.540. The molecule has 0 fully saturated rings. The molecule has 0 bridgehead atoms. The van der Waals surface area contributed by atoms with Crippen molar-refractivity contribution in [1.82, 2.24) is 9.78 Å². The highest BCUT2D eigenvalue weighted by atomic mass is 32.1. The van der Waals surface area contributed by atoms with Gasteiger partial charge in [0, 0.05) is 23.0 Å². The Morgan fingerprint density at radius 3 is 2.76 bits per heavy atom. The van der Waals surface area contributed by atoms with Crippen molar-refractivity contribution in [2.75, 3.05) is 18.5 Å². The number of carbonyl (C=O) groups excluding carboxylic acids is 1. The average Bonchev–Trinajstić information content (AvgIpc) is 3.46. The Labute approximate surface area is 171 Å². The molecule has 1 amide bonds. The van der Waals surface area contributed by atoms with Gasteiger partial charge in [0.1, 0.15) is 13.2 Å². The number of amides is 1. The summed E-state index contributed by atoms with van der Waals surface area (Å²) in [5.74, 6) is 1.35. The SMILES string of the molecule is O=C(Nc1cccc(-n2cccn2)c1)c1ccc(-c2ccc3c(c2)OCCO3)s1. The van der Waals surface area contributed by atoms with Crippen LogP contribution in [0, 0.1) is 0 Å². The molecule has 1 aliphatic rings. The Balaban J connectivity index is 1.34. The van der Waals surface area contributed by atoms with Crippen LogP contribution >= 0.6 is 11.3 Å². The topological polar surface area (TPSA) is 65.4 Å². The van der Waals surface area contributed by atoms with E-state index in [1.54, 1.807) is 10.9 Å². The predicted molar refractivity (Wildman–Crippen MR) is 112 cm³/mol. The molecule has 0 saturated heterocycles. The highest BCUT2D eigenvalue weighted by Gasteiger charge is 2.15. The fourth-order valence-electron chi connectivity index (χ4n) is 3.15. The van der Waals surface area contributed by atoms with E-state index in [1.165, 1.54) is 11.3 Å². The average molecular weight is 403 g/mol. The van der Waals surface area contributed by atoms with E-state index in [0.29, 0.717) is 18.1 Å². The van der Waals surface area contributed by atoms with Crippen LogP contribution in [0.15, 0.2) is 73.1 Å². The predicted octanol–water partition coefficient (Wildman–Crippen LogP) is 4.62. The van der Waals surface area contributed by atoms with Crippen LogP contribution in [0.3, 0.4) is 0 Å². The minimum atomic E-state index is -0.142. The van der Waals surface area contributed by atoms with Gasteiger partial charge in [0.25, 0.3) is 5.91 Å². The van der Waals surface area contributed by atoms with Gasteiger partial charge in [-0.2, -0.15) is 5.10 Å². The summed E-state index contributed by atoms with van der Waals surface area (Å²) in [5.41, 5.74) is 2.60. The number of hydrogen-bond acceptors (Lipinski definition) is 5. The number of thiophene rings is 1. The first-order valence-corrected chi connectivity index (χ1v) is 9.99. The zero-order valence-electron chi connectivity index (χ0n) is 15.4. The number of carbonyl (C=O) groups is 1. The van der Waals surface area contributed by atoms with E-state index in [1.807, 2.05) is 66.9 Å². The summed E-state index contributed by atoms with van der Waals surface area (Å²) in [6.07, 6.45) is 3.58. The molecular weight excluding hydrogens is 386 g/mol. The maximum atomic E-state index is 12.7. The van der Waals surface area contributed by atoms with Crippen molar-refractivity contribution in [3.63, 3.8) is 0 Å². The smallest absolute Gasteiger partial charge is 0.265 e. The number of rotatable bonds is 4. The van der Waals surface area contributed by atoms with E-state index in [4.69, 9.17) is 9.47 Å². The summed E-state index contributed by atoms with van der Waals surface area (Å²) in [4.78, 5) is 14.4. The maximum Gasteiger partial charge on any atom is 0.265 e. The van der Waals surface area contributed by atoms with Crippen molar-refractivity contribution < 1.29 is 14.3 Å². The second-order valence-corrected chi connectivity index (χ2v) is 7.56. The lowest BCUT2D eigenvalue weighted by Gasteiger charge is -2.18. The van der Waals surface area contributed by atoms with Crippen molar-refractivity contribution in [3.8, 4) is 27.6 Å². The van der Waals surface area contributed by atoms with Gasteiger partial charge >= 0.3 is 0 Å². The van der Waals surface area contributed by atoms with Crippen LogP contribution in [-0.2, 0) is 0 Å². The van der Waals surface area contributed by atoms with Crippen LogP contribution in [0.2, 0.25) is 0 Å². The molecule has 5 rings (SSSR count). The van der Waals surface area contributed by atoms with Gasteiger partial charge in [-0.3, -0.25) is 4.79 Å². The number of anilines is 1. The fraction of sp³-hybridized carbons (Fsp3) is 0.0909. The molecule has 0 aliphatic carbocycles. The zero-order chi connectivity index (χ0) is 19.6.